The van der Waals surface area contributed by atoms with E-state index in [0.717, 1.165) is 29.7 Å². The first-order valence-electron chi connectivity index (χ1n) is 8.09. The minimum Gasteiger partial charge on any atom is -0.365 e. The van der Waals surface area contributed by atoms with Crippen LogP contribution < -0.4 is 11.1 Å². The van der Waals surface area contributed by atoms with Crippen molar-refractivity contribution >= 4 is 39.9 Å². The highest BCUT2D eigenvalue weighted by atomic mass is 32.2. The second-order valence-corrected chi connectivity index (χ2v) is 8.35. The van der Waals surface area contributed by atoms with Crippen LogP contribution in [0.3, 0.4) is 0 Å². The Morgan fingerprint density at radius 2 is 2.20 bits per heavy atom. The van der Waals surface area contributed by atoms with Gasteiger partial charge in [0.15, 0.2) is 0 Å². The third kappa shape index (κ3) is 4.01. The van der Waals surface area contributed by atoms with Crippen molar-refractivity contribution in [2.75, 3.05) is 11.1 Å². The monoisotopic (exact) mass is 380 g/mol. The molecule has 3 rings (SSSR count). The first-order valence-corrected chi connectivity index (χ1v) is 9.89. The Kier molecular flexibility index (Phi) is 5.38. The number of rotatable bonds is 7. The number of hydrogen-bond donors (Lipinski definition) is 2. The molecule has 0 radical (unpaired) electrons. The number of hydrogen-bond acceptors (Lipinski definition) is 7. The molecule has 10 heteroatoms. The van der Waals surface area contributed by atoms with Crippen molar-refractivity contribution in [3.8, 4) is 0 Å². The average molecular weight is 380 g/mol. The number of fused-ring (bicyclic) bond motifs is 1. The molecule has 0 spiro atoms. The van der Waals surface area contributed by atoms with E-state index in [1.807, 2.05) is 0 Å². The quantitative estimate of drug-likeness (QED) is 0.707. The van der Waals surface area contributed by atoms with Crippen LogP contribution in [0.15, 0.2) is 5.16 Å². The van der Waals surface area contributed by atoms with Crippen molar-refractivity contribution < 1.29 is 9.59 Å². The molecule has 134 valence electrons. The zero-order chi connectivity index (χ0) is 18.0. The molecular formula is C15H20N6O2S2. The summed E-state index contributed by atoms with van der Waals surface area (Å²) in [5.74, 6) is -0.114. The lowest BCUT2D eigenvalue weighted by Crippen LogP contribution is -2.19. The third-order valence-electron chi connectivity index (χ3n) is 3.79. The van der Waals surface area contributed by atoms with Gasteiger partial charge in [-0.2, -0.15) is 0 Å². The second-order valence-electron chi connectivity index (χ2n) is 6.30. The number of nitrogens with two attached hydrogens (primary N) is 1. The first kappa shape index (κ1) is 17.9. The summed E-state index contributed by atoms with van der Waals surface area (Å²) in [7, 11) is 0. The Morgan fingerprint density at radius 3 is 2.92 bits per heavy atom. The third-order valence-corrected chi connectivity index (χ3v) is 5.95. The highest BCUT2D eigenvalue weighted by Gasteiger charge is 2.26. The molecular weight excluding hydrogens is 360 g/mol. The van der Waals surface area contributed by atoms with Gasteiger partial charge in [-0.05, 0) is 41.2 Å². The minimum atomic E-state index is -0.483. The molecule has 3 N–H and O–H groups in total. The molecule has 0 fully saturated rings. The van der Waals surface area contributed by atoms with Crippen molar-refractivity contribution in [2.45, 2.75) is 44.8 Å². The maximum atomic E-state index is 12.3. The lowest BCUT2D eigenvalue weighted by Gasteiger charge is -2.07. The normalized spacial score (nSPS) is 13.2. The molecule has 0 saturated heterocycles. The fraction of sp³-hybridized carbons (Fsp3) is 0.533. The minimum absolute atomic E-state index is 0.166. The first-order chi connectivity index (χ1) is 12.0. The van der Waals surface area contributed by atoms with Crippen molar-refractivity contribution in [1.29, 1.82) is 0 Å². The highest BCUT2D eigenvalue weighted by Crippen LogP contribution is 2.38. The van der Waals surface area contributed by atoms with Crippen molar-refractivity contribution in [3.63, 3.8) is 0 Å². The van der Waals surface area contributed by atoms with E-state index in [2.05, 4.69) is 34.7 Å². The maximum Gasteiger partial charge on any atom is 0.251 e. The summed E-state index contributed by atoms with van der Waals surface area (Å²) in [6.45, 7) is 4.84. The fourth-order valence-electron chi connectivity index (χ4n) is 2.81. The van der Waals surface area contributed by atoms with Crippen LogP contribution in [0.2, 0.25) is 0 Å². The Labute approximate surface area is 153 Å². The van der Waals surface area contributed by atoms with E-state index in [9.17, 15) is 9.59 Å². The predicted molar refractivity (Wildman–Crippen MR) is 96.9 cm³/mol. The SMILES string of the molecule is CC(C)Cn1nnnc1SCC(=O)Nc1sc2c(c1C(N)=O)CCC2. The Hall–Kier alpha value is -1.94. The van der Waals surface area contributed by atoms with Crippen molar-refractivity contribution in [3.05, 3.63) is 16.0 Å². The lowest BCUT2D eigenvalue weighted by atomic mass is 10.1. The van der Waals surface area contributed by atoms with Gasteiger partial charge in [0.1, 0.15) is 5.00 Å². The van der Waals surface area contributed by atoms with Gasteiger partial charge in [0.05, 0.1) is 11.3 Å². The van der Waals surface area contributed by atoms with Gasteiger partial charge in [-0.15, -0.1) is 16.4 Å². The van der Waals surface area contributed by atoms with Crippen LogP contribution in [-0.2, 0) is 24.2 Å². The number of nitrogens with zero attached hydrogens (tertiary/aromatic N) is 4. The standard InChI is InChI=1S/C15H20N6O2S2/c1-8(2)6-21-15(18-19-20-21)24-7-11(22)17-14-12(13(16)23)9-4-3-5-10(9)25-14/h8H,3-7H2,1-2H3,(H2,16,23)(H,17,22). The summed E-state index contributed by atoms with van der Waals surface area (Å²) in [5.41, 5.74) is 6.98. The van der Waals surface area contributed by atoms with Gasteiger partial charge in [0.25, 0.3) is 5.91 Å². The number of thioether (sulfide) groups is 1. The number of tetrazole rings is 1. The molecule has 1 aliphatic carbocycles. The van der Waals surface area contributed by atoms with Crippen LogP contribution in [0.5, 0.6) is 0 Å². The predicted octanol–water partition coefficient (Wildman–Crippen LogP) is 1.71. The highest BCUT2D eigenvalue weighted by molar-refractivity contribution is 7.99. The number of aromatic nitrogens is 4. The van der Waals surface area contributed by atoms with Gasteiger partial charge < -0.3 is 11.1 Å². The van der Waals surface area contributed by atoms with E-state index in [1.165, 1.54) is 23.1 Å². The van der Waals surface area contributed by atoms with Crippen molar-refractivity contribution in [2.24, 2.45) is 11.7 Å². The Bertz CT molecular complexity index is 798. The van der Waals surface area contributed by atoms with E-state index < -0.39 is 5.91 Å². The van der Waals surface area contributed by atoms with Gasteiger partial charge >= 0.3 is 0 Å². The summed E-state index contributed by atoms with van der Waals surface area (Å²) in [6, 6.07) is 0. The number of nitrogens with one attached hydrogen (secondary N) is 1. The molecule has 0 bridgehead atoms. The van der Waals surface area contributed by atoms with E-state index >= 15 is 0 Å². The fourth-order valence-corrected chi connectivity index (χ4v) is 4.80. The molecule has 2 aromatic rings. The number of thiophene rings is 1. The Morgan fingerprint density at radius 1 is 1.40 bits per heavy atom. The van der Waals surface area contributed by atoms with E-state index in [4.69, 9.17) is 5.73 Å². The number of anilines is 1. The lowest BCUT2D eigenvalue weighted by molar-refractivity contribution is -0.113. The molecule has 2 aromatic heterocycles. The molecule has 0 unspecified atom stereocenters. The zero-order valence-electron chi connectivity index (χ0n) is 14.1. The number of primary amides is 1. The van der Waals surface area contributed by atoms with Crippen LogP contribution in [0.1, 0.15) is 41.1 Å². The molecule has 2 amide bonds. The molecule has 2 heterocycles. The van der Waals surface area contributed by atoms with E-state index in [1.54, 1.807) is 4.68 Å². The van der Waals surface area contributed by atoms with Crippen LogP contribution in [0.4, 0.5) is 5.00 Å². The van der Waals surface area contributed by atoms with Gasteiger partial charge in [0.2, 0.25) is 11.1 Å². The molecule has 0 saturated carbocycles. The average Bonchev–Trinajstić information content (AvgIpc) is 3.20. The summed E-state index contributed by atoms with van der Waals surface area (Å²) >= 11 is 2.72. The molecule has 0 aliphatic heterocycles. The van der Waals surface area contributed by atoms with E-state index in [-0.39, 0.29) is 11.7 Å². The molecule has 25 heavy (non-hydrogen) atoms. The van der Waals surface area contributed by atoms with Gasteiger partial charge in [-0.1, -0.05) is 25.6 Å². The second kappa shape index (κ2) is 7.52. The molecule has 0 atom stereocenters. The van der Waals surface area contributed by atoms with Crippen molar-refractivity contribution in [1.82, 2.24) is 20.2 Å². The van der Waals surface area contributed by atoms with E-state index in [0.29, 0.717) is 28.2 Å². The summed E-state index contributed by atoms with van der Waals surface area (Å²) in [6.07, 6.45) is 2.82. The number of amides is 2. The number of carbonyl (C=O) groups excluding carboxylic acids is 2. The van der Waals surface area contributed by atoms with Crippen LogP contribution in [0, 0.1) is 5.92 Å². The summed E-state index contributed by atoms with van der Waals surface area (Å²) in [5, 5.41) is 15.5. The summed E-state index contributed by atoms with van der Waals surface area (Å²) in [4.78, 5) is 25.2. The molecule has 8 nitrogen and oxygen atoms in total. The van der Waals surface area contributed by atoms with Gasteiger partial charge in [0, 0.05) is 11.4 Å². The largest absolute Gasteiger partial charge is 0.365 e. The topological polar surface area (TPSA) is 116 Å². The summed E-state index contributed by atoms with van der Waals surface area (Å²) < 4.78 is 1.69. The smallest absolute Gasteiger partial charge is 0.251 e. The number of carbonyl (C=O) groups is 2. The molecule has 0 aromatic carbocycles. The molecule has 1 aliphatic rings. The van der Waals surface area contributed by atoms with Crippen LogP contribution in [0.25, 0.3) is 0 Å². The maximum absolute atomic E-state index is 12.3. The Balaban J connectivity index is 1.64. The van der Waals surface area contributed by atoms with Crippen LogP contribution >= 0.6 is 23.1 Å². The van der Waals surface area contributed by atoms with Gasteiger partial charge in [-0.3, -0.25) is 9.59 Å². The number of aryl methyl sites for hydroxylation is 1. The zero-order valence-corrected chi connectivity index (χ0v) is 15.7. The van der Waals surface area contributed by atoms with Crippen LogP contribution in [-0.4, -0.2) is 37.8 Å². The van der Waals surface area contributed by atoms with Gasteiger partial charge in [-0.25, -0.2) is 4.68 Å².